The van der Waals surface area contributed by atoms with Crippen molar-refractivity contribution in [2.75, 3.05) is 5.32 Å². The second-order valence-corrected chi connectivity index (χ2v) is 6.35. The van der Waals surface area contributed by atoms with E-state index in [4.69, 9.17) is 5.11 Å². The lowest BCUT2D eigenvalue weighted by atomic mass is 10.1. The van der Waals surface area contributed by atoms with Crippen molar-refractivity contribution in [3.63, 3.8) is 0 Å². The number of nitrogens with one attached hydrogen (secondary N) is 1. The molecule has 11 heteroatoms. The summed E-state index contributed by atoms with van der Waals surface area (Å²) in [7, 11) is 1.48. The maximum Gasteiger partial charge on any atom is 0.416 e. The topological polar surface area (TPSA) is 102 Å². The maximum absolute atomic E-state index is 12.9. The third-order valence-electron chi connectivity index (χ3n) is 4.08. The zero-order valence-electron chi connectivity index (χ0n) is 15.4. The fourth-order valence-corrected chi connectivity index (χ4v) is 2.74. The zero-order chi connectivity index (χ0) is 21.3. The molecule has 2 aromatic heterocycles. The molecule has 0 aliphatic rings. The van der Waals surface area contributed by atoms with Gasteiger partial charge in [0.05, 0.1) is 12.1 Å². The minimum Gasteiger partial charge on any atom is -0.478 e. The first-order valence-corrected chi connectivity index (χ1v) is 8.33. The molecular weight excluding hydrogens is 391 g/mol. The number of carbonyl (C=O) groups is 2. The Morgan fingerprint density at radius 2 is 1.93 bits per heavy atom. The Kier molecular flexibility index (Phi) is 5.14. The molecule has 0 fully saturated rings. The SMILES string of the molecule is Cc1cc(NC(=O)c2nn(C)cc2C(=O)O)nn1Cc1cccc(C(F)(F)F)c1. The number of aromatic carboxylic acids is 1. The molecule has 0 radical (unpaired) electrons. The number of aromatic nitrogens is 4. The summed E-state index contributed by atoms with van der Waals surface area (Å²) in [5.41, 5.74) is -0.307. The number of rotatable bonds is 5. The van der Waals surface area contributed by atoms with Crippen LogP contribution in [0.1, 0.15) is 37.7 Å². The molecule has 3 rings (SSSR count). The summed E-state index contributed by atoms with van der Waals surface area (Å²) in [4.78, 5) is 23.6. The Hall–Kier alpha value is -3.63. The van der Waals surface area contributed by atoms with E-state index in [9.17, 15) is 22.8 Å². The zero-order valence-corrected chi connectivity index (χ0v) is 15.4. The number of carboxylic acid groups (broad SMARTS) is 1. The van der Waals surface area contributed by atoms with Gasteiger partial charge in [-0.25, -0.2) is 4.79 Å². The van der Waals surface area contributed by atoms with Crippen LogP contribution in [0.2, 0.25) is 0 Å². The summed E-state index contributed by atoms with van der Waals surface area (Å²) in [5.74, 6) is -1.93. The average Bonchev–Trinajstić information content (AvgIpc) is 3.17. The number of carboxylic acids is 1. The van der Waals surface area contributed by atoms with Gasteiger partial charge in [0.25, 0.3) is 5.91 Å². The second-order valence-electron chi connectivity index (χ2n) is 6.35. The van der Waals surface area contributed by atoms with Gasteiger partial charge in [0, 0.05) is 25.0 Å². The van der Waals surface area contributed by atoms with E-state index in [1.54, 1.807) is 13.0 Å². The first-order chi connectivity index (χ1) is 13.5. The van der Waals surface area contributed by atoms with Gasteiger partial charge < -0.3 is 10.4 Å². The maximum atomic E-state index is 12.9. The number of anilines is 1. The highest BCUT2D eigenvalue weighted by Crippen LogP contribution is 2.29. The monoisotopic (exact) mass is 407 g/mol. The van der Waals surface area contributed by atoms with Gasteiger partial charge in [-0.05, 0) is 24.6 Å². The van der Waals surface area contributed by atoms with Crippen molar-refractivity contribution in [3.05, 3.63) is 64.6 Å². The van der Waals surface area contributed by atoms with E-state index in [1.165, 1.54) is 34.7 Å². The van der Waals surface area contributed by atoms with Crippen LogP contribution in [0, 0.1) is 6.92 Å². The van der Waals surface area contributed by atoms with Gasteiger partial charge in [-0.1, -0.05) is 12.1 Å². The van der Waals surface area contributed by atoms with Crippen LogP contribution in [-0.2, 0) is 19.8 Å². The van der Waals surface area contributed by atoms with Crippen LogP contribution in [-0.4, -0.2) is 36.5 Å². The number of carbonyl (C=O) groups excluding carboxylic acids is 1. The smallest absolute Gasteiger partial charge is 0.416 e. The van der Waals surface area contributed by atoms with Gasteiger partial charge >= 0.3 is 12.1 Å². The molecule has 1 aromatic carbocycles. The molecule has 29 heavy (non-hydrogen) atoms. The van der Waals surface area contributed by atoms with Crippen LogP contribution in [0.15, 0.2) is 36.5 Å². The number of amides is 1. The Labute approximate surface area is 162 Å². The molecule has 0 aliphatic heterocycles. The molecule has 0 spiro atoms. The number of aryl methyl sites for hydroxylation is 2. The Bertz CT molecular complexity index is 1080. The van der Waals surface area contributed by atoms with E-state index < -0.39 is 23.6 Å². The molecule has 0 saturated heterocycles. The van der Waals surface area contributed by atoms with E-state index in [0.717, 1.165) is 12.1 Å². The fourth-order valence-electron chi connectivity index (χ4n) is 2.74. The summed E-state index contributed by atoms with van der Waals surface area (Å²) in [5, 5.41) is 19.6. The van der Waals surface area contributed by atoms with Gasteiger partial charge in [-0.3, -0.25) is 14.2 Å². The van der Waals surface area contributed by atoms with Gasteiger partial charge in [0.2, 0.25) is 0 Å². The number of alkyl halides is 3. The molecule has 0 bridgehead atoms. The van der Waals surface area contributed by atoms with Crippen LogP contribution in [0.5, 0.6) is 0 Å². The molecule has 0 unspecified atom stereocenters. The minimum atomic E-state index is -4.45. The molecule has 8 nitrogen and oxygen atoms in total. The van der Waals surface area contributed by atoms with Gasteiger partial charge in [-0.15, -0.1) is 0 Å². The largest absolute Gasteiger partial charge is 0.478 e. The van der Waals surface area contributed by atoms with E-state index in [1.807, 2.05) is 0 Å². The van der Waals surface area contributed by atoms with Crippen LogP contribution < -0.4 is 5.32 Å². The molecule has 0 saturated carbocycles. The highest BCUT2D eigenvalue weighted by atomic mass is 19.4. The summed E-state index contributed by atoms with van der Waals surface area (Å²) in [6, 6.07) is 6.40. The lowest BCUT2D eigenvalue weighted by molar-refractivity contribution is -0.137. The van der Waals surface area contributed by atoms with Gasteiger partial charge in [0.1, 0.15) is 5.56 Å². The van der Waals surface area contributed by atoms with Crippen molar-refractivity contribution in [1.29, 1.82) is 0 Å². The first-order valence-electron chi connectivity index (χ1n) is 8.33. The van der Waals surface area contributed by atoms with Crippen LogP contribution >= 0.6 is 0 Å². The molecule has 0 atom stereocenters. The molecule has 1 amide bonds. The number of nitrogens with zero attached hydrogens (tertiary/aromatic N) is 4. The van der Waals surface area contributed by atoms with Gasteiger partial charge in [-0.2, -0.15) is 23.4 Å². The van der Waals surface area contributed by atoms with Crippen molar-refractivity contribution in [3.8, 4) is 0 Å². The normalized spacial score (nSPS) is 11.5. The molecule has 0 aliphatic carbocycles. The van der Waals surface area contributed by atoms with Crippen molar-refractivity contribution in [1.82, 2.24) is 19.6 Å². The minimum absolute atomic E-state index is 0.0651. The van der Waals surface area contributed by atoms with E-state index in [0.29, 0.717) is 11.3 Å². The quantitative estimate of drug-likeness (QED) is 0.677. The summed E-state index contributed by atoms with van der Waals surface area (Å²) in [6.07, 6.45) is -3.24. The number of benzene rings is 1. The molecular formula is C18H16F3N5O3. The fraction of sp³-hybridized carbons (Fsp3) is 0.222. The number of hydrogen-bond donors (Lipinski definition) is 2. The highest BCUT2D eigenvalue weighted by Gasteiger charge is 2.30. The van der Waals surface area contributed by atoms with Crippen LogP contribution in [0.4, 0.5) is 19.0 Å². The second kappa shape index (κ2) is 7.41. The molecule has 2 N–H and O–H groups in total. The molecule has 2 heterocycles. The molecule has 152 valence electrons. The third-order valence-corrected chi connectivity index (χ3v) is 4.08. The van der Waals surface area contributed by atoms with Crippen LogP contribution in [0.3, 0.4) is 0 Å². The Morgan fingerprint density at radius 3 is 2.59 bits per heavy atom. The average molecular weight is 407 g/mol. The van der Waals surface area contributed by atoms with Crippen molar-refractivity contribution in [2.24, 2.45) is 7.05 Å². The first kappa shape index (κ1) is 20.1. The number of hydrogen-bond acceptors (Lipinski definition) is 4. The third kappa shape index (κ3) is 4.45. The summed E-state index contributed by atoms with van der Waals surface area (Å²) >= 11 is 0. The summed E-state index contributed by atoms with van der Waals surface area (Å²) < 4.78 is 41.2. The predicted molar refractivity (Wildman–Crippen MR) is 95.6 cm³/mol. The predicted octanol–water partition coefficient (Wildman–Crippen LogP) is 2.94. The van der Waals surface area contributed by atoms with E-state index in [2.05, 4.69) is 15.5 Å². The van der Waals surface area contributed by atoms with E-state index in [-0.39, 0.29) is 23.6 Å². The van der Waals surface area contributed by atoms with Crippen molar-refractivity contribution in [2.45, 2.75) is 19.6 Å². The van der Waals surface area contributed by atoms with Crippen molar-refractivity contribution < 1.29 is 27.9 Å². The lowest BCUT2D eigenvalue weighted by Crippen LogP contribution is -2.17. The molecule has 3 aromatic rings. The number of halogens is 3. The Morgan fingerprint density at radius 1 is 1.21 bits per heavy atom. The van der Waals surface area contributed by atoms with Gasteiger partial charge in [0.15, 0.2) is 11.5 Å². The lowest BCUT2D eigenvalue weighted by Gasteiger charge is -2.09. The summed E-state index contributed by atoms with van der Waals surface area (Å²) in [6.45, 7) is 1.75. The van der Waals surface area contributed by atoms with Crippen molar-refractivity contribution >= 4 is 17.7 Å². The Balaban J connectivity index is 1.79. The standard InChI is InChI=1S/C18H16F3N5O3/c1-10-6-14(22-16(27)15-13(17(28)29)9-25(2)24-15)23-26(10)8-11-4-3-5-12(7-11)18(19,20)21/h3-7,9H,8H2,1-2H3,(H,28,29)(H,22,23,27). The highest BCUT2D eigenvalue weighted by molar-refractivity contribution is 6.08. The van der Waals surface area contributed by atoms with E-state index >= 15 is 0 Å². The van der Waals surface area contributed by atoms with Crippen LogP contribution in [0.25, 0.3) is 0 Å².